The van der Waals surface area contributed by atoms with E-state index in [1.807, 2.05) is 24.3 Å². The first-order chi connectivity index (χ1) is 8.72. The molecule has 4 heteroatoms. The number of nitrogens with two attached hydrogens (primary N) is 1. The number of fused-ring (bicyclic) bond motifs is 1. The molecule has 1 fully saturated rings. The van der Waals surface area contributed by atoms with Crippen molar-refractivity contribution in [2.75, 3.05) is 6.61 Å². The van der Waals surface area contributed by atoms with Crippen LogP contribution in [-0.2, 0) is 11.2 Å². The molecule has 1 aliphatic heterocycles. The van der Waals surface area contributed by atoms with Gasteiger partial charge >= 0.3 is 0 Å². The smallest absolute Gasteiger partial charge is 0.197 e. The van der Waals surface area contributed by atoms with Gasteiger partial charge in [0, 0.05) is 18.4 Å². The number of rotatable bonds is 3. The van der Waals surface area contributed by atoms with Gasteiger partial charge in [0.1, 0.15) is 5.52 Å². The van der Waals surface area contributed by atoms with Crippen LogP contribution in [0.2, 0.25) is 0 Å². The zero-order chi connectivity index (χ0) is 12.5. The number of hydrogen-bond acceptors (Lipinski definition) is 4. The standard InChI is InChI=1S/C14H18N2O2/c1-9-6-10(8-17-9)11(15)7-14-16-12-4-2-3-5-13(12)18-14/h2-5,9-11H,6-8,15H2,1H3. The van der Waals surface area contributed by atoms with Gasteiger partial charge in [0.05, 0.1) is 12.7 Å². The Labute approximate surface area is 106 Å². The summed E-state index contributed by atoms with van der Waals surface area (Å²) in [5.74, 6) is 1.14. The van der Waals surface area contributed by atoms with Gasteiger partial charge in [0.25, 0.3) is 0 Å². The van der Waals surface area contributed by atoms with Gasteiger partial charge in [-0.25, -0.2) is 4.98 Å². The number of oxazole rings is 1. The molecule has 3 atom stereocenters. The zero-order valence-corrected chi connectivity index (χ0v) is 10.5. The van der Waals surface area contributed by atoms with Crippen LogP contribution in [0.1, 0.15) is 19.2 Å². The lowest BCUT2D eigenvalue weighted by Gasteiger charge is -2.15. The summed E-state index contributed by atoms with van der Waals surface area (Å²) in [6, 6.07) is 7.85. The molecule has 3 unspecified atom stereocenters. The first-order valence-electron chi connectivity index (χ1n) is 6.44. The molecule has 2 aromatic rings. The highest BCUT2D eigenvalue weighted by Gasteiger charge is 2.28. The number of aromatic nitrogens is 1. The van der Waals surface area contributed by atoms with E-state index in [0.717, 1.165) is 30.0 Å². The van der Waals surface area contributed by atoms with Gasteiger partial charge in [0.15, 0.2) is 11.5 Å². The third kappa shape index (κ3) is 2.26. The van der Waals surface area contributed by atoms with Gasteiger partial charge in [-0.3, -0.25) is 0 Å². The highest BCUT2D eigenvalue weighted by Crippen LogP contribution is 2.24. The molecular weight excluding hydrogens is 228 g/mol. The van der Waals surface area contributed by atoms with Crippen molar-refractivity contribution in [2.24, 2.45) is 11.7 Å². The van der Waals surface area contributed by atoms with E-state index in [1.165, 1.54) is 0 Å². The molecule has 0 radical (unpaired) electrons. The lowest BCUT2D eigenvalue weighted by molar-refractivity contribution is 0.118. The molecule has 1 aromatic carbocycles. The Bertz CT molecular complexity index is 504. The van der Waals surface area contributed by atoms with E-state index in [9.17, 15) is 0 Å². The average molecular weight is 246 g/mol. The Kier molecular flexibility index (Phi) is 3.06. The third-order valence-corrected chi connectivity index (χ3v) is 3.58. The molecule has 0 bridgehead atoms. The zero-order valence-electron chi connectivity index (χ0n) is 10.5. The molecule has 1 aromatic heterocycles. The molecular formula is C14H18N2O2. The van der Waals surface area contributed by atoms with Crippen LogP contribution in [0.25, 0.3) is 11.1 Å². The summed E-state index contributed by atoms with van der Waals surface area (Å²) in [5, 5.41) is 0. The van der Waals surface area contributed by atoms with Crippen molar-refractivity contribution < 1.29 is 9.15 Å². The maximum atomic E-state index is 6.22. The van der Waals surface area contributed by atoms with Crippen molar-refractivity contribution in [3.8, 4) is 0 Å². The van der Waals surface area contributed by atoms with Gasteiger partial charge in [-0.1, -0.05) is 12.1 Å². The molecule has 3 rings (SSSR count). The maximum absolute atomic E-state index is 6.22. The summed E-state index contributed by atoms with van der Waals surface area (Å²) in [5.41, 5.74) is 7.94. The second-order valence-electron chi connectivity index (χ2n) is 5.08. The second-order valence-corrected chi connectivity index (χ2v) is 5.08. The molecule has 2 heterocycles. The Morgan fingerprint density at radius 1 is 1.44 bits per heavy atom. The molecule has 1 saturated heterocycles. The van der Waals surface area contributed by atoms with Crippen LogP contribution in [0.3, 0.4) is 0 Å². The number of hydrogen-bond donors (Lipinski definition) is 1. The van der Waals surface area contributed by atoms with E-state index in [0.29, 0.717) is 18.4 Å². The van der Waals surface area contributed by atoms with Crippen molar-refractivity contribution >= 4 is 11.1 Å². The number of para-hydroxylation sites is 2. The van der Waals surface area contributed by atoms with Crippen molar-refractivity contribution in [1.82, 2.24) is 4.98 Å². The molecule has 2 N–H and O–H groups in total. The van der Waals surface area contributed by atoms with Crippen molar-refractivity contribution in [2.45, 2.75) is 31.9 Å². The Morgan fingerprint density at radius 2 is 2.28 bits per heavy atom. The van der Waals surface area contributed by atoms with Gasteiger partial charge in [-0.2, -0.15) is 0 Å². The molecule has 1 aliphatic rings. The fourth-order valence-corrected chi connectivity index (χ4v) is 2.52. The van der Waals surface area contributed by atoms with Crippen molar-refractivity contribution in [1.29, 1.82) is 0 Å². The fourth-order valence-electron chi connectivity index (χ4n) is 2.52. The molecule has 0 spiro atoms. The summed E-state index contributed by atoms with van der Waals surface area (Å²) in [6.45, 7) is 2.84. The van der Waals surface area contributed by atoms with Crippen LogP contribution in [-0.4, -0.2) is 23.7 Å². The molecule has 18 heavy (non-hydrogen) atoms. The van der Waals surface area contributed by atoms with E-state index in [4.69, 9.17) is 14.9 Å². The highest BCUT2D eigenvalue weighted by molar-refractivity contribution is 5.72. The molecule has 0 saturated carbocycles. The number of nitrogens with zero attached hydrogens (tertiary/aromatic N) is 1. The Balaban J connectivity index is 1.71. The third-order valence-electron chi connectivity index (χ3n) is 3.58. The molecule has 0 aliphatic carbocycles. The van der Waals surface area contributed by atoms with E-state index in [1.54, 1.807) is 0 Å². The van der Waals surface area contributed by atoms with E-state index < -0.39 is 0 Å². The lowest BCUT2D eigenvalue weighted by atomic mass is 9.95. The minimum atomic E-state index is 0.0583. The summed E-state index contributed by atoms with van der Waals surface area (Å²) in [4.78, 5) is 4.46. The van der Waals surface area contributed by atoms with Crippen LogP contribution >= 0.6 is 0 Å². The average Bonchev–Trinajstić information content (AvgIpc) is 2.94. The van der Waals surface area contributed by atoms with Crippen LogP contribution in [0.15, 0.2) is 28.7 Å². The van der Waals surface area contributed by atoms with Gasteiger partial charge in [-0.05, 0) is 25.5 Å². The first-order valence-corrected chi connectivity index (χ1v) is 6.44. The highest BCUT2D eigenvalue weighted by atomic mass is 16.5. The predicted molar refractivity (Wildman–Crippen MR) is 69.2 cm³/mol. The van der Waals surface area contributed by atoms with Crippen LogP contribution in [0, 0.1) is 5.92 Å². The van der Waals surface area contributed by atoms with Crippen LogP contribution in [0.4, 0.5) is 0 Å². The quantitative estimate of drug-likeness (QED) is 0.901. The van der Waals surface area contributed by atoms with Gasteiger partial charge in [-0.15, -0.1) is 0 Å². The summed E-state index contributed by atoms with van der Waals surface area (Å²) < 4.78 is 11.2. The minimum absolute atomic E-state index is 0.0583. The van der Waals surface area contributed by atoms with Crippen LogP contribution in [0.5, 0.6) is 0 Å². The Morgan fingerprint density at radius 3 is 3.00 bits per heavy atom. The van der Waals surface area contributed by atoms with Gasteiger partial charge < -0.3 is 14.9 Å². The van der Waals surface area contributed by atoms with E-state index in [2.05, 4.69) is 11.9 Å². The number of ether oxygens (including phenoxy) is 1. The van der Waals surface area contributed by atoms with Gasteiger partial charge in [0.2, 0.25) is 0 Å². The Hall–Kier alpha value is -1.39. The largest absolute Gasteiger partial charge is 0.441 e. The maximum Gasteiger partial charge on any atom is 0.197 e. The summed E-state index contributed by atoms with van der Waals surface area (Å²) in [7, 11) is 0. The topological polar surface area (TPSA) is 61.3 Å². The SMILES string of the molecule is CC1CC(C(N)Cc2nc3ccccc3o2)CO1. The number of benzene rings is 1. The first kappa shape index (κ1) is 11.7. The minimum Gasteiger partial charge on any atom is -0.441 e. The predicted octanol–water partition coefficient (Wildman–Crippen LogP) is 2.12. The lowest BCUT2D eigenvalue weighted by Crippen LogP contribution is -2.32. The molecule has 4 nitrogen and oxygen atoms in total. The molecule has 0 amide bonds. The second kappa shape index (κ2) is 4.71. The molecule has 96 valence electrons. The van der Waals surface area contributed by atoms with Crippen LogP contribution < -0.4 is 5.73 Å². The normalized spacial score (nSPS) is 25.7. The summed E-state index contributed by atoms with van der Waals surface area (Å²) >= 11 is 0. The summed E-state index contributed by atoms with van der Waals surface area (Å²) in [6.07, 6.45) is 2.03. The van der Waals surface area contributed by atoms with Crippen molar-refractivity contribution in [3.05, 3.63) is 30.2 Å². The fraction of sp³-hybridized carbons (Fsp3) is 0.500. The van der Waals surface area contributed by atoms with E-state index in [-0.39, 0.29) is 6.04 Å². The van der Waals surface area contributed by atoms with Crippen molar-refractivity contribution in [3.63, 3.8) is 0 Å². The monoisotopic (exact) mass is 246 g/mol. The van der Waals surface area contributed by atoms with E-state index >= 15 is 0 Å².